The van der Waals surface area contributed by atoms with Crippen LogP contribution in [0.15, 0.2) is 0 Å². The standard InChI is InChI=1S/C44H79NO5/c1-31(2)13-11-14-32(3)36-17-18-37-35-16-15-34-29-33(21-23-43(34,9)38(35)22-24-44(36,37)10)30-48-40(47)20-19-39(46)45-26-12-27-50-42(7,8)25-28-49-41(4,5)6/h31-38H,11-30H2,1-10H3,(H,45,46)/t32?,33?,34?,35?,36?,37-,38-,43-,44+/m0/s1. The van der Waals surface area contributed by atoms with E-state index in [0.717, 1.165) is 54.3 Å². The zero-order chi connectivity index (χ0) is 36.7. The Morgan fingerprint density at radius 2 is 1.52 bits per heavy atom. The third kappa shape index (κ3) is 11.2. The van der Waals surface area contributed by atoms with E-state index >= 15 is 0 Å². The zero-order valence-electron chi connectivity index (χ0n) is 34.3. The van der Waals surface area contributed by atoms with Gasteiger partial charge >= 0.3 is 5.97 Å². The molecule has 6 heteroatoms. The van der Waals surface area contributed by atoms with Crippen LogP contribution in [0.2, 0.25) is 0 Å². The van der Waals surface area contributed by atoms with E-state index in [1.165, 1.54) is 77.0 Å². The van der Waals surface area contributed by atoms with Crippen LogP contribution in [0.4, 0.5) is 0 Å². The molecule has 4 saturated carbocycles. The zero-order valence-corrected chi connectivity index (χ0v) is 34.3. The van der Waals surface area contributed by atoms with Crippen LogP contribution in [0.3, 0.4) is 0 Å². The van der Waals surface area contributed by atoms with Gasteiger partial charge in [-0.3, -0.25) is 9.59 Å². The third-order valence-electron chi connectivity index (χ3n) is 14.4. The van der Waals surface area contributed by atoms with Crippen molar-refractivity contribution >= 4 is 11.9 Å². The summed E-state index contributed by atoms with van der Waals surface area (Å²) in [6.07, 6.45) is 18.3. The van der Waals surface area contributed by atoms with E-state index in [1.54, 1.807) is 0 Å². The molecule has 4 rings (SSSR count). The van der Waals surface area contributed by atoms with Crippen molar-refractivity contribution in [3.63, 3.8) is 0 Å². The largest absolute Gasteiger partial charge is 0.465 e. The number of ether oxygens (including phenoxy) is 3. The molecule has 0 aliphatic heterocycles. The van der Waals surface area contributed by atoms with Crippen LogP contribution in [0.5, 0.6) is 0 Å². The summed E-state index contributed by atoms with van der Waals surface area (Å²) < 4.78 is 17.6. The monoisotopic (exact) mass is 702 g/mol. The lowest BCUT2D eigenvalue weighted by molar-refractivity contribution is -0.150. The predicted molar refractivity (Wildman–Crippen MR) is 205 cm³/mol. The molecular formula is C44H79NO5. The summed E-state index contributed by atoms with van der Waals surface area (Å²) in [6.45, 7) is 25.3. The molecule has 1 amide bonds. The second-order valence-electron chi connectivity index (χ2n) is 20.0. The number of hydrogen-bond donors (Lipinski definition) is 1. The minimum atomic E-state index is -0.266. The van der Waals surface area contributed by atoms with Crippen LogP contribution in [0.25, 0.3) is 0 Å². The van der Waals surface area contributed by atoms with Gasteiger partial charge in [0.1, 0.15) is 0 Å². The molecule has 0 aromatic carbocycles. The first-order valence-corrected chi connectivity index (χ1v) is 21.1. The van der Waals surface area contributed by atoms with Gasteiger partial charge in [0.05, 0.1) is 24.2 Å². The minimum absolute atomic E-state index is 0.0947. The summed E-state index contributed by atoms with van der Waals surface area (Å²) in [5, 5.41) is 2.93. The van der Waals surface area contributed by atoms with Crippen LogP contribution in [-0.4, -0.2) is 49.4 Å². The first kappa shape index (κ1) is 41.6. The fourth-order valence-corrected chi connectivity index (χ4v) is 11.4. The molecule has 9 atom stereocenters. The molecule has 6 nitrogen and oxygen atoms in total. The second kappa shape index (κ2) is 17.8. The highest BCUT2D eigenvalue weighted by Gasteiger charge is 2.60. The van der Waals surface area contributed by atoms with Gasteiger partial charge in [-0.2, -0.15) is 0 Å². The van der Waals surface area contributed by atoms with Gasteiger partial charge in [0.25, 0.3) is 0 Å². The highest BCUT2D eigenvalue weighted by atomic mass is 16.5. The van der Waals surface area contributed by atoms with Crippen molar-refractivity contribution in [1.82, 2.24) is 5.32 Å². The second-order valence-corrected chi connectivity index (χ2v) is 20.0. The topological polar surface area (TPSA) is 73.9 Å². The molecule has 4 fully saturated rings. The van der Waals surface area contributed by atoms with Crippen molar-refractivity contribution < 1.29 is 23.8 Å². The number of carbonyl (C=O) groups is 2. The van der Waals surface area contributed by atoms with Crippen molar-refractivity contribution in [2.45, 2.75) is 183 Å². The molecule has 0 spiro atoms. The van der Waals surface area contributed by atoms with Gasteiger partial charge in [-0.15, -0.1) is 0 Å². The molecule has 0 heterocycles. The fraction of sp³-hybridized carbons (Fsp3) is 0.955. The molecule has 4 aliphatic carbocycles. The molecule has 4 aliphatic rings. The van der Waals surface area contributed by atoms with Crippen LogP contribution >= 0.6 is 0 Å². The maximum Gasteiger partial charge on any atom is 0.306 e. The van der Waals surface area contributed by atoms with Crippen LogP contribution in [-0.2, 0) is 23.8 Å². The Hall–Kier alpha value is -1.14. The van der Waals surface area contributed by atoms with E-state index in [9.17, 15) is 9.59 Å². The predicted octanol–water partition coefficient (Wildman–Crippen LogP) is 10.6. The number of rotatable bonds is 18. The van der Waals surface area contributed by atoms with E-state index in [0.29, 0.717) is 43.1 Å². The van der Waals surface area contributed by atoms with Crippen molar-refractivity contribution in [3.8, 4) is 0 Å². The van der Waals surface area contributed by atoms with E-state index in [1.807, 2.05) is 0 Å². The molecule has 50 heavy (non-hydrogen) atoms. The lowest BCUT2D eigenvalue weighted by Crippen LogP contribution is -2.54. The summed E-state index contributed by atoms with van der Waals surface area (Å²) in [4.78, 5) is 25.0. The van der Waals surface area contributed by atoms with E-state index in [4.69, 9.17) is 14.2 Å². The SMILES string of the molecule is CC(C)CCCC(C)C1CC[C@H]2C3CCC4CC(COC(=O)CCC(=O)NCCCOC(C)(C)CCOC(C)(C)C)CC[C@]4(C)[C@H]3CC[C@]12C. The third-order valence-corrected chi connectivity index (χ3v) is 14.4. The quantitative estimate of drug-likeness (QED) is 0.114. The number of amides is 1. The Labute approximate surface area is 308 Å². The molecule has 5 unspecified atom stereocenters. The summed E-state index contributed by atoms with van der Waals surface area (Å²) in [6, 6.07) is 0. The van der Waals surface area contributed by atoms with E-state index < -0.39 is 0 Å². The molecular weight excluding hydrogens is 622 g/mol. The highest BCUT2D eigenvalue weighted by Crippen LogP contribution is 2.68. The lowest BCUT2D eigenvalue weighted by Gasteiger charge is -2.61. The fourth-order valence-electron chi connectivity index (χ4n) is 11.4. The van der Waals surface area contributed by atoms with Crippen LogP contribution in [0.1, 0.15) is 172 Å². The Balaban J connectivity index is 1.12. The van der Waals surface area contributed by atoms with Crippen molar-refractivity contribution in [2.24, 2.45) is 58.2 Å². The number of nitrogens with one attached hydrogen (secondary N) is 1. The van der Waals surface area contributed by atoms with Crippen LogP contribution < -0.4 is 5.32 Å². The van der Waals surface area contributed by atoms with Crippen molar-refractivity contribution in [3.05, 3.63) is 0 Å². The van der Waals surface area contributed by atoms with Gasteiger partial charge in [-0.1, -0.05) is 53.9 Å². The van der Waals surface area contributed by atoms with Crippen molar-refractivity contribution in [1.29, 1.82) is 0 Å². The molecule has 0 bridgehead atoms. The minimum Gasteiger partial charge on any atom is -0.465 e. The highest BCUT2D eigenvalue weighted by molar-refractivity contribution is 5.81. The Morgan fingerprint density at radius 1 is 0.800 bits per heavy atom. The average Bonchev–Trinajstić information content (AvgIpc) is 3.39. The summed E-state index contributed by atoms with van der Waals surface area (Å²) in [5.74, 6) is 6.23. The normalized spacial score (nSPS) is 33.3. The van der Waals surface area contributed by atoms with Crippen molar-refractivity contribution in [2.75, 3.05) is 26.4 Å². The molecule has 0 saturated heterocycles. The number of fused-ring (bicyclic) bond motifs is 5. The lowest BCUT2D eigenvalue weighted by atomic mass is 9.44. The van der Waals surface area contributed by atoms with Gasteiger partial charge in [0, 0.05) is 26.2 Å². The van der Waals surface area contributed by atoms with Gasteiger partial charge in [0.15, 0.2) is 0 Å². The smallest absolute Gasteiger partial charge is 0.306 e. The summed E-state index contributed by atoms with van der Waals surface area (Å²) in [5.41, 5.74) is 0.591. The van der Waals surface area contributed by atoms with Gasteiger partial charge in [0.2, 0.25) is 5.91 Å². The molecule has 0 aromatic heterocycles. The number of hydrogen-bond acceptors (Lipinski definition) is 5. The van der Waals surface area contributed by atoms with Gasteiger partial charge in [-0.25, -0.2) is 0 Å². The molecule has 290 valence electrons. The molecule has 0 radical (unpaired) electrons. The number of carbonyl (C=O) groups excluding carboxylic acids is 2. The Morgan fingerprint density at radius 3 is 2.24 bits per heavy atom. The summed E-state index contributed by atoms with van der Waals surface area (Å²) in [7, 11) is 0. The molecule has 0 aromatic rings. The van der Waals surface area contributed by atoms with Gasteiger partial charge < -0.3 is 19.5 Å². The molecule has 1 N–H and O–H groups in total. The van der Waals surface area contributed by atoms with Gasteiger partial charge in [-0.05, 0) is 163 Å². The first-order valence-electron chi connectivity index (χ1n) is 21.1. The summed E-state index contributed by atoms with van der Waals surface area (Å²) >= 11 is 0. The van der Waals surface area contributed by atoms with Crippen LogP contribution in [0, 0.1) is 58.2 Å². The average molecular weight is 702 g/mol. The first-order chi connectivity index (χ1) is 23.4. The number of esters is 1. The maximum atomic E-state index is 12.6. The van der Waals surface area contributed by atoms with E-state index in [2.05, 4.69) is 74.6 Å². The van der Waals surface area contributed by atoms with E-state index in [-0.39, 0.29) is 35.9 Å². The Bertz CT molecular complexity index is 1080. The Kier molecular flexibility index (Phi) is 14.8. The maximum absolute atomic E-state index is 12.6.